The van der Waals surface area contributed by atoms with Crippen LogP contribution in [-0.2, 0) is 4.74 Å². The molecule has 0 aliphatic carbocycles. The van der Waals surface area contributed by atoms with Crippen molar-refractivity contribution in [2.45, 2.75) is 38.0 Å². The minimum Gasteiger partial charge on any atom is -0.462 e. The molecule has 0 spiro atoms. The summed E-state index contributed by atoms with van der Waals surface area (Å²) in [6, 6.07) is 1.56. The van der Waals surface area contributed by atoms with Crippen LogP contribution in [0, 0.1) is 5.92 Å². The highest BCUT2D eigenvalue weighted by atomic mass is 19.4. The van der Waals surface area contributed by atoms with Crippen LogP contribution in [0.3, 0.4) is 0 Å². The van der Waals surface area contributed by atoms with Gasteiger partial charge in [-0.2, -0.15) is 13.2 Å². The molecule has 5 heterocycles. The Bertz CT molecular complexity index is 932. The Hall–Kier alpha value is -2.62. The van der Waals surface area contributed by atoms with Crippen molar-refractivity contribution < 1.29 is 31.9 Å². The number of halogens is 3. The van der Waals surface area contributed by atoms with E-state index in [-0.39, 0.29) is 34.3 Å². The molecular weight excluding hydrogens is 391 g/mol. The summed E-state index contributed by atoms with van der Waals surface area (Å²) in [7, 11) is 0. The number of rotatable bonds is 4. The maximum Gasteiger partial charge on any atom is 0.422 e. The third kappa shape index (κ3) is 3.93. The van der Waals surface area contributed by atoms with Crippen molar-refractivity contribution in [2.75, 3.05) is 19.7 Å². The van der Waals surface area contributed by atoms with Gasteiger partial charge in [0.1, 0.15) is 17.5 Å². The van der Waals surface area contributed by atoms with E-state index >= 15 is 0 Å². The Morgan fingerprint density at radius 2 is 2.07 bits per heavy atom. The lowest BCUT2D eigenvalue weighted by Crippen LogP contribution is -2.62. The lowest BCUT2D eigenvalue weighted by Gasteiger charge is -2.49. The number of nitrogens with one attached hydrogen (secondary N) is 1. The van der Waals surface area contributed by atoms with Crippen LogP contribution in [0.5, 0.6) is 0 Å². The molecule has 3 aliphatic heterocycles. The number of hydrogen-bond acceptors (Lipinski definition) is 6. The number of carbonyl (C=O) groups is 2. The molecule has 156 valence electrons. The van der Waals surface area contributed by atoms with Gasteiger partial charge in [-0.1, -0.05) is 0 Å². The van der Waals surface area contributed by atoms with E-state index in [0.717, 1.165) is 32.2 Å². The van der Waals surface area contributed by atoms with E-state index in [1.165, 1.54) is 12.3 Å². The molecule has 7 nitrogen and oxygen atoms in total. The van der Waals surface area contributed by atoms with Gasteiger partial charge in [-0.15, -0.1) is 0 Å². The maximum atomic E-state index is 12.8. The van der Waals surface area contributed by atoms with Crippen molar-refractivity contribution >= 4 is 22.8 Å². The van der Waals surface area contributed by atoms with Gasteiger partial charge in [0.25, 0.3) is 5.91 Å². The fourth-order valence-corrected chi connectivity index (χ4v) is 4.21. The van der Waals surface area contributed by atoms with Gasteiger partial charge in [-0.05, 0) is 44.8 Å². The summed E-state index contributed by atoms with van der Waals surface area (Å²) in [5, 5.41) is 3.21. The first-order valence-electron chi connectivity index (χ1n) is 9.39. The number of alkyl halides is 3. The number of ether oxygens (including phenoxy) is 1. The molecule has 0 radical (unpaired) electrons. The summed E-state index contributed by atoms with van der Waals surface area (Å²) in [6.45, 7) is 2.44. The average Bonchev–Trinajstić information content (AvgIpc) is 3.12. The van der Waals surface area contributed by atoms with Crippen LogP contribution in [0.4, 0.5) is 13.2 Å². The molecule has 2 aromatic heterocycles. The minimum absolute atomic E-state index is 0.00284. The second-order valence-corrected chi connectivity index (χ2v) is 7.52. The van der Waals surface area contributed by atoms with Crippen molar-refractivity contribution in [1.29, 1.82) is 0 Å². The third-order valence-electron chi connectivity index (χ3n) is 5.76. The zero-order valence-electron chi connectivity index (χ0n) is 15.7. The first-order valence-corrected chi connectivity index (χ1v) is 9.39. The molecular formula is C19H20F3N3O4. The molecule has 2 aromatic rings. The monoisotopic (exact) mass is 411 g/mol. The Morgan fingerprint density at radius 1 is 1.34 bits per heavy atom. The van der Waals surface area contributed by atoms with Gasteiger partial charge in [0.2, 0.25) is 0 Å². The number of aromatic nitrogens is 1. The fourth-order valence-electron chi connectivity index (χ4n) is 4.21. The molecule has 2 bridgehead atoms. The normalized spacial score (nSPS) is 26.5. The van der Waals surface area contributed by atoms with Crippen LogP contribution in [0.2, 0.25) is 0 Å². The standard InChI is InChI=1S/C19H20F3N3O4/c1-10-16(11-2-4-25(10)5-3-11)24-17(26)14-6-12-13(8-28-15(12)7-23-14)18(27)29-9-19(20,21)22/h6-8,10-11,16H,2-5,9H2,1H3,(H,24,26)/t10-,16-/m0/s1. The zero-order valence-corrected chi connectivity index (χ0v) is 15.7. The predicted molar refractivity (Wildman–Crippen MR) is 95.4 cm³/mol. The van der Waals surface area contributed by atoms with Gasteiger partial charge in [-0.25, -0.2) is 9.78 Å². The number of pyridine rings is 1. The van der Waals surface area contributed by atoms with Gasteiger partial charge in [0, 0.05) is 17.5 Å². The molecule has 1 amide bonds. The molecule has 2 atom stereocenters. The molecule has 3 fully saturated rings. The highest BCUT2D eigenvalue weighted by Crippen LogP contribution is 2.32. The van der Waals surface area contributed by atoms with E-state index in [2.05, 4.69) is 26.9 Å². The van der Waals surface area contributed by atoms with Crippen LogP contribution in [0.15, 0.2) is 22.9 Å². The van der Waals surface area contributed by atoms with Gasteiger partial charge in [0.05, 0.1) is 6.20 Å². The summed E-state index contributed by atoms with van der Waals surface area (Å²) >= 11 is 0. The highest BCUT2D eigenvalue weighted by molar-refractivity contribution is 6.05. The molecule has 5 rings (SSSR count). The molecule has 10 heteroatoms. The Labute approximate surface area is 164 Å². The van der Waals surface area contributed by atoms with Crippen molar-refractivity contribution in [3.63, 3.8) is 0 Å². The molecule has 1 N–H and O–H groups in total. The van der Waals surface area contributed by atoms with Crippen LogP contribution in [-0.4, -0.2) is 59.7 Å². The van der Waals surface area contributed by atoms with Crippen LogP contribution in [0.25, 0.3) is 11.0 Å². The van der Waals surface area contributed by atoms with Crippen LogP contribution in [0.1, 0.15) is 40.6 Å². The van der Waals surface area contributed by atoms with Gasteiger partial charge in [0.15, 0.2) is 12.2 Å². The largest absolute Gasteiger partial charge is 0.462 e. The number of fused-ring (bicyclic) bond motifs is 4. The quantitative estimate of drug-likeness (QED) is 0.779. The molecule has 29 heavy (non-hydrogen) atoms. The van der Waals surface area contributed by atoms with Crippen molar-refractivity contribution in [3.05, 3.63) is 29.8 Å². The first kappa shape index (κ1) is 19.7. The summed E-state index contributed by atoms with van der Waals surface area (Å²) < 4.78 is 46.3. The summed E-state index contributed by atoms with van der Waals surface area (Å²) in [5.41, 5.74) is 0.0565. The van der Waals surface area contributed by atoms with Crippen LogP contribution >= 0.6 is 0 Å². The molecule has 0 unspecified atom stereocenters. The number of esters is 1. The van der Waals surface area contributed by atoms with Crippen molar-refractivity contribution in [3.8, 4) is 0 Å². The van der Waals surface area contributed by atoms with E-state index in [9.17, 15) is 22.8 Å². The lowest BCUT2D eigenvalue weighted by atomic mass is 9.79. The number of furan rings is 1. The molecule has 0 aromatic carbocycles. The molecule has 3 saturated heterocycles. The highest BCUT2D eigenvalue weighted by Gasteiger charge is 2.40. The fraction of sp³-hybridized carbons (Fsp3) is 0.526. The lowest BCUT2D eigenvalue weighted by molar-refractivity contribution is -0.161. The minimum atomic E-state index is -4.63. The molecule has 0 saturated carbocycles. The summed E-state index contributed by atoms with van der Waals surface area (Å²) in [6.07, 6.45) is -0.307. The topological polar surface area (TPSA) is 84.7 Å². The smallest absolute Gasteiger partial charge is 0.422 e. The van der Waals surface area contributed by atoms with Crippen molar-refractivity contribution in [2.24, 2.45) is 5.92 Å². The summed E-state index contributed by atoms with van der Waals surface area (Å²) in [5.74, 6) is -1.16. The summed E-state index contributed by atoms with van der Waals surface area (Å²) in [4.78, 5) is 31.1. The number of nitrogens with zero attached hydrogens (tertiary/aromatic N) is 2. The van der Waals surface area contributed by atoms with E-state index in [4.69, 9.17) is 4.42 Å². The number of hydrogen-bond donors (Lipinski definition) is 1. The van der Waals surface area contributed by atoms with Crippen LogP contribution < -0.4 is 5.32 Å². The first-order chi connectivity index (χ1) is 13.7. The van der Waals surface area contributed by atoms with Gasteiger partial charge < -0.3 is 14.5 Å². The van der Waals surface area contributed by atoms with Gasteiger partial charge in [-0.3, -0.25) is 9.69 Å². The molecule has 3 aliphatic rings. The number of carbonyl (C=O) groups excluding carboxylic acids is 2. The Kier molecular flexibility index (Phi) is 4.97. The average molecular weight is 411 g/mol. The second kappa shape index (κ2) is 7.33. The van der Waals surface area contributed by atoms with Crippen molar-refractivity contribution in [1.82, 2.24) is 15.2 Å². The predicted octanol–water partition coefficient (Wildman–Crippen LogP) is 2.76. The number of piperidine rings is 3. The maximum absolute atomic E-state index is 12.8. The SMILES string of the molecule is C[C@H]1[C@H](NC(=O)c2cc3c(C(=O)OCC(F)(F)F)coc3cn2)C2CCN1CC2. The van der Waals surface area contributed by atoms with E-state index < -0.39 is 24.7 Å². The second-order valence-electron chi connectivity index (χ2n) is 7.52. The third-order valence-corrected chi connectivity index (χ3v) is 5.76. The number of amides is 1. The van der Waals surface area contributed by atoms with E-state index in [1.807, 2.05) is 0 Å². The van der Waals surface area contributed by atoms with Gasteiger partial charge >= 0.3 is 12.1 Å². The zero-order chi connectivity index (χ0) is 20.8. The van der Waals surface area contributed by atoms with E-state index in [1.54, 1.807) is 0 Å². The Balaban J connectivity index is 1.52. The van der Waals surface area contributed by atoms with E-state index in [0.29, 0.717) is 5.92 Å². The Morgan fingerprint density at radius 3 is 2.72 bits per heavy atom.